The minimum Gasteiger partial charge on any atom is -0.491 e. The molecule has 3 aliphatic rings. The maximum Gasteiger partial charge on any atom is 0.320 e. The van der Waals surface area contributed by atoms with Gasteiger partial charge in [-0.05, 0) is 44.0 Å². The fourth-order valence-electron chi connectivity index (χ4n) is 5.00. The number of para-hydroxylation sites is 1. The van der Waals surface area contributed by atoms with Gasteiger partial charge >= 0.3 is 6.03 Å². The highest BCUT2D eigenvalue weighted by Gasteiger charge is 2.35. The number of carbonyl (C=O) groups excluding carboxylic acids is 2. The summed E-state index contributed by atoms with van der Waals surface area (Å²) in [6.45, 7) is 4.07. The first kappa shape index (κ1) is 23.5. The molecule has 4 heterocycles. The molecule has 192 valence electrons. The molecule has 0 bridgehead atoms. The molecule has 0 radical (unpaired) electrons. The van der Waals surface area contributed by atoms with Crippen molar-refractivity contribution >= 4 is 23.2 Å². The van der Waals surface area contributed by atoms with Crippen LogP contribution in [-0.2, 0) is 6.54 Å². The zero-order valence-corrected chi connectivity index (χ0v) is 21.1. The number of pyridine rings is 1. The van der Waals surface area contributed by atoms with E-state index in [1.807, 2.05) is 41.3 Å². The number of nitrogens with zero attached hydrogens (tertiary/aromatic N) is 4. The van der Waals surface area contributed by atoms with Crippen molar-refractivity contribution in [2.24, 2.45) is 5.92 Å². The van der Waals surface area contributed by atoms with E-state index in [0.717, 1.165) is 35.7 Å². The van der Waals surface area contributed by atoms with Gasteiger partial charge in [0, 0.05) is 49.3 Å². The maximum atomic E-state index is 13.6. The minimum absolute atomic E-state index is 0.0559. The lowest BCUT2D eigenvalue weighted by molar-refractivity contribution is 0.0858. The summed E-state index contributed by atoms with van der Waals surface area (Å²) in [4.78, 5) is 40.4. The number of urea groups is 1. The number of Topliss-reactive ketones (excluding diaryl/α,β-unsaturated/α-hetero) is 1. The number of ether oxygens (including phenoxy) is 1. The Bertz CT molecular complexity index is 1290. The number of hydrogen-bond acceptors (Lipinski definition) is 6. The van der Waals surface area contributed by atoms with Crippen molar-refractivity contribution in [3.8, 4) is 17.0 Å². The average molecular weight is 501 g/mol. The maximum absolute atomic E-state index is 13.6. The summed E-state index contributed by atoms with van der Waals surface area (Å²) in [7, 11) is 2.06. The summed E-state index contributed by atoms with van der Waals surface area (Å²) in [6, 6.07) is 11.6. The summed E-state index contributed by atoms with van der Waals surface area (Å²) < 4.78 is 6.16. The first-order chi connectivity index (χ1) is 18.1. The minimum atomic E-state index is -0.0850. The normalized spacial score (nSPS) is 18.0. The number of piperazine rings is 1. The van der Waals surface area contributed by atoms with E-state index < -0.39 is 0 Å². The predicted octanol–water partition coefficient (Wildman–Crippen LogP) is 3.97. The number of benzene rings is 1. The summed E-state index contributed by atoms with van der Waals surface area (Å²) in [6.07, 6.45) is 5.85. The van der Waals surface area contributed by atoms with Crippen LogP contribution in [0.2, 0.25) is 0 Å². The van der Waals surface area contributed by atoms with Gasteiger partial charge in [0.05, 0.1) is 42.8 Å². The zero-order valence-electron chi connectivity index (χ0n) is 21.1. The second-order valence-electron chi connectivity index (χ2n) is 10.2. The second kappa shape index (κ2) is 9.89. The van der Waals surface area contributed by atoms with Crippen LogP contribution in [0.4, 0.5) is 16.2 Å². The topological polar surface area (TPSA) is 93.8 Å². The van der Waals surface area contributed by atoms with Crippen molar-refractivity contribution in [3.05, 3.63) is 60.0 Å². The van der Waals surface area contributed by atoms with E-state index in [2.05, 4.69) is 27.2 Å². The van der Waals surface area contributed by atoms with Gasteiger partial charge in [-0.2, -0.15) is 0 Å². The highest BCUT2D eigenvalue weighted by atomic mass is 16.5. The van der Waals surface area contributed by atoms with Crippen LogP contribution in [-0.4, -0.2) is 82.9 Å². The van der Waals surface area contributed by atoms with Crippen molar-refractivity contribution in [3.63, 3.8) is 0 Å². The first-order valence-electron chi connectivity index (χ1n) is 13.0. The fraction of sp³-hybridized carbons (Fsp3) is 0.393. The molecule has 2 aliphatic heterocycles. The third-order valence-electron chi connectivity index (χ3n) is 7.35. The van der Waals surface area contributed by atoms with E-state index in [1.165, 1.54) is 12.8 Å². The molecule has 1 aliphatic carbocycles. The summed E-state index contributed by atoms with van der Waals surface area (Å²) in [5.74, 6) is 1.20. The molecule has 2 amide bonds. The number of anilines is 2. The van der Waals surface area contributed by atoms with Gasteiger partial charge in [-0.1, -0.05) is 18.2 Å². The Kier molecular flexibility index (Phi) is 6.30. The zero-order chi connectivity index (χ0) is 25.4. The largest absolute Gasteiger partial charge is 0.491 e. The molecule has 1 saturated carbocycles. The lowest BCUT2D eigenvalue weighted by Crippen LogP contribution is -2.53. The number of aromatic nitrogens is 2. The molecule has 6 rings (SSSR count). The number of hydrogen-bond donors (Lipinski definition) is 2. The number of rotatable bonds is 6. The van der Waals surface area contributed by atoms with Gasteiger partial charge in [-0.3, -0.25) is 9.78 Å². The molecule has 1 aromatic carbocycles. The Hall–Kier alpha value is -3.85. The molecule has 0 spiro atoms. The van der Waals surface area contributed by atoms with E-state index in [-0.39, 0.29) is 18.4 Å². The van der Waals surface area contributed by atoms with Gasteiger partial charge in [0.25, 0.3) is 0 Å². The number of likely N-dealkylation sites (N-methyl/N-ethyl adjacent to an activating group) is 1. The molecule has 9 nitrogen and oxygen atoms in total. The van der Waals surface area contributed by atoms with Crippen LogP contribution >= 0.6 is 0 Å². The standard InChI is InChI=1S/C28H32N6O3/c1-32-11-13-33(14-12-32)28(36)34-16-22-25(23(35)17-34)27(30-20-5-3-2-4-6-20)26(31-22)21-9-10-29-15-24(21)37-18-19-7-8-19/h2-6,9-10,15,19,30-31H,7-8,11-14,16-18H2,1H3. The van der Waals surface area contributed by atoms with Gasteiger partial charge < -0.3 is 29.7 Å². The Morgan fingerprint density at radius 1 is 1.08 bits per heavy atom. The second-order valence-corrected chi connectivity index (χ2v) is 10.2. The SMILES string of the molecule is CN1CCN(C(=O)N2CC(=O)c3c([nH]c(-c4ccncc4OCC4CC4)c3Nc3ccccc3)C2)CC1. The van der Waals surface area contributed by atoms with Crippen molar-refractivity contribution in [2.75, 3.05) is 51.7 Å². The third kappa shape index (κ3) is 4.91. The number of carbonyl (C=O) groups is 2. The molecule has 0 atom stereocenters. The van der Waals surface area contributed by atoms with Gasteiger partial charge in [0.1, 0.15) is 5.75 Å². The number of aromatic amines is 1. The van der Waals surface area contributed by atoms with E-state index in [4.69, 9.17) is 4.74 Å². The molecule has 9 heteroatoms. The number of amides is 2. The van der Waals surface area contributed by atoms with Crippen LogP contribution in [0.5, 0.6) is 5.75 Å². The van der Waals surface area contributed by atoms with Gasteiger partial charge in [0.15, 0.2) is 5.78 Å². The van der Waals surface area contributed by atoms with Crippen molar-refractivity contribution in [1.29, 1.82) is 0 Å². The van der Waals surface area contributed by atoms with Crippen LogP contribution in [0.3, 0.4) is 0 Å². The highest BCUT2D eigenvalue weighted by Crippen LogP contribution is 2.41. The Morgan fingerprint density at radius 2 is 1.86 bits per heavy atom. The molecule has 37 heavy (non-hydrogen) atoms. The molecule has 2 fully saturated rings. The van der Waals surface area contributed by atoms with E-state index in [9.17, 15) is 9.59 Å². The van der Waals surface area contributed by atoms with E-state index >= 15 is 0 Å². The quantitative estimate of drug-likeness (QED) is 0.532. The van der Waals surface area contributed by atoms with Crippen LogP contribution in [0.1, 0.15) is 28.9 Å². The average Bonchev–Trinajstić information content (AvgIpc) is 3.68. The van der Waals surface area contributed by atoms with Crippen LogP contribution in [0.15, 0.2) is 48.8 Å². The molecule has 2 aromatic heterocycles. The van der Waals surface area contributed by atoms with E-state index in [0.29, 0.717) is 49.2 Å². The fourth-order valence-corrected chi connectivity index (χ4v) is 5.00. The smallest absolute Gasteiger partial charge is 0.320 e. The molecule has 2 N–H and O–H groups in total. The molecule has 1 saturated heterocycles. The van der Waals surface area contributed by atoms with Gasteiger partial charge in [-0.15, -0.1) is 0 Å². The molecular formula is C28H32N6O3. The Morgan fingerprint density at radius 3 is 2.62 bits per heavy atom. The summed E-state index contributed by atoms with van der Waals surface area (Å²) >= 11 is 0. The van der Waals surface area contributed by atoms with Crippen LogP contribution in [0, 0.1) is 5.92 Å². The Labute approximate surface area is 216 Å². The monoisotopic (exact) mass is 500 g/mol. The lowest BCUT2D eigenvalue weighted by Gasteiger charge is -2.37. The lowest BCUT2D eigenvalue weighted by atomic mass is 10.0. The van der Waals surface area contributed by atoms with Gasteiger partial charge in [0.2, 0.25) is 0 Å². The first-order valence-corrected chi connectivity index (χ1v) is 13.0. The number of H-pyrrole nitrogens is 1. The van der Waals surface area contributed by atoms with Crippen molar-refractivity contribution in [1.82, 2.24) is 24.7 Å². The number of ketones is 1. The van der Waals surface area contributed by atoms with Crippen LogP contribution < -0.4 is 10.1 Å². The summed E-state index contributed by atoms with van der Waals surface area (Å²) in [5, 5.41) is 3.48. The Balaban J connectivity index is 1.36. The predicted molar refractivity (Wildman–Crippen MR) is 141 cm³/mol. The molecule has 3 aromatic rings. The highest BCUT2D eigenvalue weighted by molar-refractivity contribution is 6.09. The molecule has 0 unspecified atom stereocenters. The van der Waals surface area contributed by atoms with Gasteiger partial charge in [-0.25, -0.2) is 4.79 Å². The van der Waals surface area contributed by atoms with E-state index in [1.54, 1.807) is 17.3 Å². The molecular weight excluding hydrogens is 468 g/mol. The number of nitrogens with one attached hydrogen (secondary N) is 2. The van der Waals surface area contributed by atoms with Crippen molar-refractivity contribution in [2.45, 2.75) is 19.4 Å². The third-order valence-corrected chi connectivity index (χ3v) is 7.35. The summed E-state index contributed by atoms with van der Waals surface area (Å²) in [5.41, 5.74) is 4.53. The number of fused-ring (bicyclic) bond motifs is 1. The van der Waals surface area contributed by atoms with Crippen LogP contribution in [0.25, 0.3) is 11.3 Å². The van der Waals surface area contributed by atoms with Crippen molar-refractivity contribution < 1.29 is 14.3 Å².